The zero-order valence-electron chi connectivity index (χ0n) is 10.0. The highest BCUT2D eigenvalue weighted by atomic mass is 32.1. The lowest BCUT2D eigenvalue weighted by molar-refractivity contribution is 0.977. The Bertz CT molecular complexity index is 551. The van der Waals surface area contributed by atoms with Gasteiger partial charge in [-0.1, -0.05) is 18.3 Å². The summed E-state index contributed by atoms with van der Waals surface area (Å²) < 4.78 is 0. The number of nitrogens with two attached hydrogens (primary N) is 1. The number of hydrogen-bond acceptors (Lipinski definition) is 5. The maximum atomic E-state index is 5.54. The predicted octanol–water partition coefficient (Wildman–Crippen LogP) is 2.14. The number of anilines is 1. The summed E-state index contributed by atoms with van der Waals surface area (Å²) >= 11 is 6.57. The Morgan fingerprint density at radius 1 is 1.44 bits per heavy atom. The zero-order valence-corrected chi connectivity index (χ0v) is 11.6. The van der Waals surface area contributed by atoms with Gasteiger partial charge in [0.2, 0.25) is 0 Å². The molecular formula is C12H14N4S2. The van der Waals surface area contributed by atoms with Crippen LogP contribution in [0.15, 0.2) is 23.6 Å². The molecule has 18 heavy (non-hydrogen) atoms. The Hall–Kier alpha value is -1.53. The summed E-state index contributed by atoms with van der Waals surface area (Å²) in [6.45, 7) is 2.79. The number of nitrogens with zero attached hydrogens (tertiary/aromatic N) is 2. The number of thiazole rings is 1. The molecule has 0 radical (unpaired) electrons. The molecule has 0 aliphatic rings. The van der Waals surface area contributed by atoms with Crippen molar-refractivity contribution in [1.29, 1.82) is 0 Å². The van der Waals surface area contributed by atoms with Gasteiger partial charge in [-0.15, -0.1) is 11.3 Å². The molecule has 0 unspecified atom stereocenters. The standard InChI is InChI=1S/C12H14N4S2/c1-8-7-18-11(15-8)5-6-14-10-4-2-3-9(16-10)12(13)17/h2-4,7H,5-6H2,1H3,(H2,13,17)(H,14,16). The van der Waals surface area contributed by atoms with E-state index in [2.05, 4.69) is 20.7 Å². The fourth-order valence-corrected chi connectivity index (χ4v) is 2.38. The van der Waals surface area contributed by atoms with E-state index in [-0.39, 0.29) is 0 Å². The molecule has 6 heteroatoms. The quantitative estimate of drug-likeness (QED) is 0.820. The van der Waals surface area contributed by atoms with E-state index in [1.807, 2.05) is 19.1 Å². The van der Waals surface area contributed by atoms with Crippen molar-refractivity contribution in [3.8, 4) is 0 Å². The lowest BCUT2D eigenvalue weighted by Crippen LogP contribution is -2.13. The van der Waals surface area contributed by atoms with Crippen LogP contribution in [-0.4, -0.2) is 21.5 Å². The fraction of sp³-hybridized carbons (Fsp3) is 0.250. The summed E-state index contributed by atoms with van der Waals surface area (Å²) in [7, 11) is 0. The Labute approximate surface area is 115 Å². The largest absolute Gasteiger partial charge is 0.388 e. The number of aryl methyl sites for hydroxylation is 1. The van der Waals surface area contributed by atoms with Crippen molar-refractivity contribution in [2.75, 3.05) is 11.9 Å². The zero-order chi connectivity index (χ0) is 13.0. The van der Waals surface area contributed by atoms with Crippen molar-refractivity contribution in [2.45, 2.75) is 13.3 Å². The highest BCUT2D eigenvalue weighted by Gasteiger charge is 2.01. The van der Waals surface area contributed by atoms with Crippen LogP contribution in [0.25, 0.3) is 0 Å². The maximum Gasteiger partial charge on any atom is 0.126 e. The predicted molar refractivity (Wildman–Crippen MR) is 79.2 cm³/mol. The minimum atomic E-state index is 0.314. The third-order valence-electron chi connectivity index (χ3n) is 2.31. The second-order valence-electron chi connectivity index (χ2n) is 3.83. The van der Waals surface area contributed by atoms with E-state index in [1.165, 1.54) is 0 Å². The molecule has 0 fully saturated rings. The molecule has 2 rings (SSSR count). The molecule has 0 amide bonds. The van der Waals surface area contributed by atoms with E-state index in [0.29, 0.717) is 10.7 Å². The van der Waals surface area contributed by atoms with E-state index in [1.54, 1.807) is 17.4 Å². The number of thiocarbonyl (C=S) groups is 1. The van der Waals surface area contributed by atoms with Gasteiger partial charge in [0.1, 0.15) is 10.8 Å². The number of pyridine rings is 1. The Balaban J connectivity index is 1.90. The third kappa shape index (κ3) is 3.48. The van der Waals surface area contributed by atoms with Crippen LogP contribution < -0.4 is 11.1 Å². The normalized spacial score (nSPS) is 10.3. The highest BCUT2D eigenvalue weighted by Crippen LogP contribution is 2.10. The second-order valence-corrected chi connectivity index (χ2v) is 5.21. The molecule has 4 nitrogen and oxygen atoms in total. The second kappa shape index (κ2) is 5.88. The molecule has 0 saturated carbocycles. The Kier molecular flexibility index (Phi) is 4.22. The first-order valence-electron chi connectivity index (χ1n) is 5.57. The van der Waals surface area contributed by atoms with Gasteiger partial charge in [0.25, 0.3) is 0 Å². The first kappa shape index (κ1) is 12.9. The topological polar surface area (TPSA) is 63.8 Å². The van der Waals surface area contributed by atoms with Crippen molar-refractivity contribution < 1.29 is 0 Å². The maximum absolute atomic E-state index is 5.54. The molecule has 3 N–H and O–H groups in total. The molecule has 0 atom stereocenters. The van der Waals surface area contributed by atoms with E-state index in [0.717, 1.165) is 29.5 Å². The first-order valence-corrected chi connectivity index (χ1v) is 6.85. The van der Waals surface area contributed by atoms with Gasteiger partial charge >= 0.3 is 0 Å². The van der Waals surface area contributed by atoms with E-state index < -0.39 is 0 Å². The third-order valence-corrected chi connectivity index (χ3v) is 3.55. The van der Waals surface area contributed by atoms with E-state index >= 15 is 0 Å². The smallest absolute Gasteiger partial charge is 0.126 e. The highest BCUT2D eigenvalue weighted by molar-refractivity contribution is 7.80. The van der Waals surface area contributed by atoms with Crippen molar-refractivity contribution in [2.24, 2.45) is 5.73 Å². The average molecular weight is 278 g/mol. The lowest BCUT2D eigenvalue weighted by Gasteiger charge is -2.05. The van der Waals surface area contributed by atoms with Gasteiger partial charge in [0.05, 0.1) is 10.7 Å². The van der Waals surface area contributed by atoms with Crippen molar-refractivity contribution >= 4 is 34.4 Å². The monoisotopic (exact) mass is 278 g/mol. The minimum Gasteiger partial charge on any atom is -0.388 e. The van der Waals surface area contributed by atoms with Crippen LogP contribution in [-0.2, 0) is 6.42 Å². The molecule has 2 heterocycles. The van der Waals surface area contributed by atoms with Gasteiger partial charge in [-0.2, -0.15) is 0 Å². The van der Waals surface area contributed by atoms with E-state index in [9.17, 15) is 0 Å². The molecule has 2 aromatic rings. The summed E-state index contributed by atoms with van der Waals surface area (Å²) in [5.41, 5.74) is 7.25. The number of hydrogen-bond donors (Lipinski definition) is 2. The van der Waals surface area contributed by atoms with Crippen LogP contribution in [0.3, 0.4) is 0 Å². The van der Waals surface area contributed by atoms with Crippen LogP contribution in [0, 0.1) is 6.92 Å². The molecule has 0 aliphatic carbocycles. The minimum absolute atomic E-state index is 0.314. The van der Waals surface area contributed by atoms with E-state index in [4.69, 9.17) is 18.0 Å². The molecule has 0 aromatic carbocycles. The van der Waals surface area contributed by atoms with Crippen LogP contribution in [0.4, 0.5) is 5.82 Å². The van der Waals surface area contributed by atoms with Gasteiger partial charge < -0.3 is 11.1 Å². The SMILES string of the molecule is Cc1csc(CCNc2cccc(C(N)=S)n2)n1. The Morgan fingerprint density at radius 2 is 2.28 bits per heavy atom. The Morgan fingerprint density at radius 3 is 2.94 bits per heavy atom. The van der Waals surface area contributed by atoms with Crippen LogP contribution >= 0.6 is 23.6 Å². The van der Waals surface area contributed by atoms with Crippen molar-refractivity contribution in [3.05, 3.63) is 40.0 Å². The molecular weight excluding hydrogens is 264 g/mol. The summed E-state index contributed by atoms with van der Waals surface area (Å²) in [4.78, 5) is 9.03. The van der Waals surface area contributed by atoms with Gasteiger partial charge in [0.15, 0.2) is 0 Å². The number of nitrogens with one attached hydrogen (secondary N) is 1. The first-order chi connectivity index (χ1) is 8.65. The number of rotatable bonds is 5. The van der Waals surface area contributed by atoms with Gasteiger partial charge in [-0.3, -0.25) is 0 Å². The average Bonchev–Trinajstić information content (AvgIpc) is 2.75. The molecule has 0 saturated heterocycles. The van der Waals surface area contributed by atoms with Crippen LogP contribution in [0.2, 0.25) is 0 Å². The van der Waals surface area contributed by atoms with Crippen molar-refractivity contribution in [3.63, 3.8) is 0 Å². The summed E-state index contributed by atoms with van der Waals surface area (Å²) in [6, 6.07) is 5.59. The van der Waals surface area contributed by atoms with Gasteiger partial charge in [-0.25, -0.2) is 9.97 Å². The fourth-order valence-electron chi connectivity index (χ4n) is 1.49. The molecule has 0 aliphatic heterocycles. The summed E-state index contributed by atoms with van der Waals surface area (Å²) in [5, 5.41) is 6.42. The van der Waals surface area contributed by atoms with Gasteiger partial charge in [-0.05, 0) is 19.1 Å². The molecule has 0 spiro atoms. The molecule has 94 valence electrons. The number of aromatic nitrogens is 2. The molecule has 2 aromatic heterocycles. The van der Waals surface area contributed by atoms with Crippen molar-refractivity contribution in [1.82, 2.24) is 9.97 Å². The van der Waals surface area contributed by atoms with Crippen LogP contribution in [0.5, 0.6) is 0 Å². The molecule has 0 bridgehead atoms. The van der Waals surface area contributed by atoms with Crippen LogP contribution in [0.1, 0.15) is 16.4 Å². The summed E-state index contributed by atoms with van der Waals surface area (Å²) in [5.74, 6) is 0.786. The lowest BCUT2D eigenvalue weighted by atomic mass is 10.3. The summed E-state index contributed by atoms with van der Waals surface area (Å²) in [6.07, 6.45) is 0.886. The van der Waals surface area contributed by atoms with Gasteiger partial charge in [0, 0.05) is 24.0 Å².